The maximum absolute atomic E-state index is 12.4. The van der Waals surface area contributed by atoms with Gasteiger partial charge in [0.2, 0.25) is 0 Å². The van der Waals surface area contributed by atoms with E-state index in [-0.39, 0.29) is 24.1 Å². The van der Waals surface area contributed by atoms with Gasteiger partial charge in [-0.05, 0) is 12.5 Å². The van der Waals surface area contributed by atoms with E-state index in [1.807, 2.05) is 60.7 Å². The van der Waals surface area contributed by atoms with Crippen LogP contribution in [0.15, 0.2) is 75.8 Å². The molecule has 0 bridgehead atoms. The minimum atomic E-state index is -0.639. The Morgan fingerprint density at radius 1 is 1.00 bits per heavy atom. The molecule has 0 aliphatic carbocycles. The summed E-state index contributed by atoms with van der Waals surface area (Å²) in [5.74, 6) is 0.262. The molecule has 0 atom stereocenters. The number of aromatic nitrogens is 6. The number of hydrogen-bond donors (Lipinski definition) is 0. The number of benzene rings is 2. The second-order valence-electron chi connectivity index (χ2n) is 7.19. The van der Waals surface area contributed by atoms with Gasteiger partial charge >= 0.3 is 5.97 Å². The molecule has 164 valence electrons. The topological polar surface area (TPSA) is 122 Å². The highest BCUT2D eigenvalue weighted by molar-refractivity contribution is 5.86. The van der Waals surface area contributed by atoms with E-state index in [4.69, 9.17) is 13.7 Å². The first kappa shape index (κ1) is 20.3. The number of carbonyl (C=O) groups excluding carboxylic acids is 1. The van der Waals surface area contributed by atoms with Gasteiger partial charge in [-0.1, -0.05) is 71.0 Å². The van der Waals surface area contributed by atoms with Crippen LogP contribution in [-0.4, -0.2) is 36.3 Å². The Labute approximate surface area is 187 Å². The quantitative estimate of drug-likeness (QED) is 0.347. The first-order valence-corrected chi connectivity index (χ1v) is 10.1. The number of carbonyl (C=O) groups is 1. The Morgan fingerprint density at radius 2 is 1.76 bits per heavy atom. The zero-order valence-corrected chi connectivity index (χ0v) is 17.6. The third kappa shape index (κ3) is 4.40. The van der Waals surface area contributed by atoms with Gasteiger partial charge in [0.25, 0.3) is 11.8 Å². The summed E-state index contributed by atoms with van der Waals surface area (Å²) in [7, 11) is 0. The van der Waals surface area contributed by atoms with E-state index >= 15 is 0 Å². The van der Waals surface area contributed by atoms with E-state index in [0.29, 0.717) is 23.6 Å². The molecular weight excluding hydrogens is 424 g/mol. The molecule has 0 saturated carbocycles. The van der Waals surface area contributed by atoms with Gasteiger partial charge in [-0.3, -0.25) is 0 Å². The first-order chi connectivity index (χ1) is 16.2. The highest BCUT2D eigenvalue weighted by atomic mass is 16.5. The first-order valence-electron chi connectivity index (χ1n) is 10.1. The maximum Gasteiger partial charge on any atom is 0.361 e. The van der Waals surface area contributed by atoms with Crippen LogP contribution in [-0.2, 0) is 17.9 Å². The van der Waals surface area contributed by atoms with Crippen molar-refractivity contribution in [2.24, 2.45) is 0 Å². The van der Waals surface area contributed by atoms with Crippen molar-refractivity contribution >= 4 is 5.97 Å². The fourth-order valence-corrected chi connectivity index (χ4v) is 3.27. The molecule has 0 aliphatic rings. The average molecular weight is 442 g/mol. The van der Waals surface area contributed by atoms with Crippen LogP contribution < -0.4 is 0 Å². The van der Waals surface area contributed by atoms with Crippen LogP contribution in [0.3, 0.4) is 0 Å². The van der Waals surface area contributed by atoms with Gasteiger partial charge in [0.15, 0.2) is 12.3 Å². The summed E-state index contributed by atoms with van der Waals surface area (Å²) in [5.41, 5.74) is 3.17. The van der Waals surface area contributed by atoms with Crippen molar-refractivity contribution in [3.63, 3.8) is 0 Å². The second kappa shape index (κ2) is 8.87. The van der Waals surface area contributed by atoms with Gasteiger partial charge in [-0.25, -0.2) is 9.48 Å². The molecule has 0 fully saturated rings. The maximum atomic E-state index is 12.4. The van der Waals surface area contributed by atoms with Gasteiger partial charge in [0.1, 0.15) is 17.0 Å². The van der Waals surface area contributed by atoms with E-state index in [9.17, 15) is 4.79 Å². The standard InChI is InChI=1S/C23H18N6O4/c1-15-20(21(27-33-15)17-10-6-3-7-11-17)22-26-25-19(32-22)14-31-23(30)18-13-29(28-24-18)12-16-8-4-2-5-9-16/h2-11,13H,12,14H2,1H3. The minimum Gasteiger partial charge on any atom is -0.451 e. The van der Waals surface area contributed by atoms with E-state index in [1.165, 1.54) is 6.20 Å². The molecule has 0 saturated heterocycles. The molecule has 5 rings (SSSR count). The van der Waals surface area contributed by atoms with Crippen molar-refractivity contribution in [2.75, 3.05) is 0 Å². The van der Waals surface area contributed by atoms with Crippen molar-refractivity contribution in [3.05, 3.63) is 89.8 Å². The summed E-state index contributed by atoms with van der Waals surface area (Å²) in [6.07, 6.45) is 1.53. The molecule has 10 heteroatoms. The van der Waals surface area contributed by atoms with Gasteiger partial charge < -0.3 is 13.7 Å². The zero-order valence-electron chi connectivity index (χ0n) is 17.6. The highest BCUT2D eigenvalue weighted by Gasteiger charge is 2.22. The number of nitrogens with zero attached hydrogens (tertiary/aromatic N) is 6. The number of rotatable bonds is 7. The van der Waals surface area contributed by atoms with Gasteiger partial charge in [0, 0.05) is 5.56 Å². The molecule has 0 spiro atoms. The third-order valence-corrected chi connectivity index (χ3v) is 4.85. The van der Waals surface area contributed by atoms with E-state index in [2.05, 4.69) is 25.7 Å². The van der Waals surface area contributed by atoms with Crippen LogP contribution in [0.2, 0.25) is 0 Å². The van der Waals surface area contributed by atoms with Crippen LogP contribution in [0.25, 0.3) is 22.7 Å². The van der Waals surface area contributed by atoms with E-state index < -0.39 is 5.97 Å². The molecule has 2 aromatic carbocycles. The molecule has 5 aromatic rings. The molecule has 3 aromatic heterocycles. The Hall–Kier alpha value is -4.60. The van der Waals surface area contributed by atoms with Crippen molar-refractivity contribution in [3.8, 4) is 22.7 Å². The summed E-state index contributed by atoms with van der Waals surface area (Å²) < 4.78 is 17.9. The van der Waals surface area contributed by atoms with E-state index in [1.54, 1.807) is 11.6 Å². The number of hydrogen-bond acceptors (Lipinski definition) is 9. The fraction of sp³-hybridized carbons (Fsp3) is 0.130. The monoisotopic (exact) mass is 442 g/mol. The molecule has 0 aliphatic heterocycles. The largest absolute Gasteiger partial charge is 0.451 e. The molecular formula is C23H18N6O4. The Balaban J connectivity index is 1.25. The van der Waals surface area contributed by atoms with Gasteiger partial charge in [0.05, 0.1) is 12.7 Å². The predicted octanol–water partition coefficient (Wildman–Crippen LogP) is 3.70. The third-order valence-electron chi connectivity index (χ3n) is 4.85. The fourth-order valence-electron chi connectivity index (χ4n) is 3.27. The predicted molar refractivity (Wildman–Crippen MR) is 115 cm³/mol. The number of esters is 1. The Bertz CT molecular complexity index is 1370. The van der Waals surface area contributed by atoms with Crippen molar-refractivity contribution < 1.29 is 18.5 Å². The van der Waals surface area contributed by atoms with E-state index in [0.717, 1.165) is 11.1 Å². The lowest BCUT2D eigenvalue weighted by molar-refractivity contribution is 0.0431. The minimum absolute atomic E-state index is 0.0897. The molecule has 10 nitrogen and oxygen atoms in total. The Kier molecular flexibility index (Phi) is 5.46. The SMILES string of the molecule is Cc1onc(-c2ccccc2)c1-c1nnc(COC(=O)c2cn(Cc3ccccc3)nn2)o1. The second-order valence-corrected chi connectivity index (χ2v) is 7.19. The summed E-state index contributed by atoms with van der Waals surface area (Å²) in [5, 5.41) is 20.0. The molecule has 0 radical (unpaired) electrons. The van der Waals surface area contributed by atoms with Crippen LogP contribution in [0.1, 0.15) is 27.7 Å². The smallest absolute Gasteiger partial charge is 0.361 e. The molecule has 0 unspecified atom stereocenters. The van der Waals surface area contributed by atoms with Crippen LogP contribution in [0.5, 0.6) is 0 Å². The summed E-state index contributed by atoms with van der Waals surface area (Å²) >= 11 is 0. The van der Waals surface area contributed by atoms with Crippen molar-refractivity contribution in [1.29, 1.82) is 0 Å². The van der Waals surface area contributed by atoms with Crippen LogP contribution >= 0.6 is 0 Å². The highest BCUT2D eigenvalue weighted by Crippen LogP contribution is 2.33. The van der Waals surface area contributed by atoms with Crippen molar-refractivity contribution in [1.82, 2.24) is 30.3 Å². The summed E-state index contributed by atoms with van der Waals surface area (Å²) in [4.78, 5) is 12.4. The number of aryl methyl sites for hydroxylation is 1. The lowest BCUT2D eigenvalue weighted by Crippen LogP contribution is -2.06. The van der Waals surface area contributed by atoms with Crippen molar-refractivity contribution in [2.45, 2.75) is 20.1 Å². The lowest BCUT2D eigenvalue weighted by Gasteiger charge is -2.00. The normalized spacial score (nSPS) is 10.9. The molecule has 33 heavy (non-hydrogen) atoms. The zero-order chi connectivity index (χ0) is 22.6. The van der Waals surface area contributed by atoms with Gasteiger partial charge in [-0.2, -0.15) is 0 Å². The van der Waals surface area contributed by atoms with Gasteiger partial charge in [-0.15, -0.1) is 15.3 Å². The summed E-state index contributed by atoms with van der Waals surface area (Å²) in [6.45, 7) is 2.05. The summed E-state index contributed by atoms with van der Waals surface area (Å²) in [6, 6.07) is 19.3. The Morgan fingerprint density at radius 3 is 2.55 bits per heavy atom. The van der Waals surface area contributed by atoms with Crippen LogP contribution in [0, 0.1) is 6.92 Å². The lowest BCUT2D eigenvalue weighted by atomic mass is 10.1. The molecule has 0 amide bonds. The average Bonchev–Trinajstić information content (AvgIpc) is 3.59. The number of ether oxygens (including phenoxy) is 1. The molecule has 3 heterocycles. The van der Waals surface area contributed by atoms with Crippen LogP contribution in [0.4, 0.5) is 0 Å². The molecule has 0 N–H and O–H groups in total.